The number of carbonyl (C=O) groups is 2. The molecule has 0 heterocycles. The molecule has 0 saturated heterocycles. The molecule has 0 aromatic heterocycles. The zero-order chi connectivity index (χ0) is 24.8. The standard InChI is InChI=1S/C28H47NO5/c1-16(2)11-12-29-22-14-28(5)20(9-10-21(28)26(32)33-6)19-8-7-18-13-24(34-17(3)30)23(31)15-27(18,4)25(19)22/h16,18-25,29,31H,7-15H2,1-6H3/t18?,19-,20-,21?,22?,23?,24?,25-,27-,28-/m0/s1. The topological polar surface area (TPSA) is 84.9 Å². The Hall–Kier alpha value is -1.14. The van der Waals surface area contributed by atoms with Crippen LogP contribution in [0.5, 0.6) is 0 Å². The monoisotopic (exact) mass is 477 g/mol. The number of carbonyl (C=O) groups excluding carboxylic acids is 2. The van der Waals surface area contributed by atoms with E-state index in [2.05, 4.69) is 33.0 Å². The van der Waals surface area contributed by atoms with Crippen molar-refractivity contribution in [3.8, 4) is 0 Å². The molecule has 2 N–H and O–H groups in total. The van der Waals surface area contributed by atoms with E-state index in [4.69, 9.17) is 9.47 Å². The third-order valence-electron chi connectivity index (χ3n) is 10.5. The zero-order valence-electron chi connectivity index (χ0n) is 22.1. The zero-order valence-corrected chi connectivity index (χ0v) is 22.1. The van der Waals surface area contributed by atoms with Gasteiger partial charge >= 0.3 is 11.9 Å². The molecule has 0 amide bonds. The summed E-state index contributed by atoms with van der Waals surface area (Å²) in [6, 6.07) is 0.320. The molecule has 4 aliphatic rings. The molecule has 5 unspecified atom stereocenters. The summed E-state index contributed by atoms with van der Waals surface area (Å²) < 4.78 is 10.8. The number of methoxy groups -OCH3 is 1. The fourth-order valence-corrected chi connectivity index (χ4v) is 9.07. The Bertz CT molecular complexity index is 770. The van der Waals surface area contributed by atoms with Crippen LogP contribution in [0.25, 0.3) is 0 Å². The molecular weight excluding hydrogens is 430 g/mol. The fourth-order valence-electron chi connectivity index (χ4n) is 9.07. The van der Waals surface area contributed by atoms with Crippen LogP contribution in [0.4, 0.5) is 0 Å². The first-order valence-corrected chi connectivity index (χ1v) is 13.7. The highest BCUT2D eigenvalue weighted by Crippen LogP contribution is 2.67. The van der Waals surface area contributed by atoms with E-state index < -0.39 is 6.10 Å². The Morgan fingerprint density at radius 2 is 1.82 bits per heavy atom. The van der Waals surface area contributed by atoms with Gasteiger partial charge in [-0.3, -0.25) is 9.59 Å². The highest BCUT2D eigenvalue weighted by atomic mass is 16.6. The average Bonchev–Trinajstić information content (AvgIpc) is 3.09. The summed E-state index contributed by atoms with van der Waals surface area (Å²) in [5.41, 5.74) is -0.0420. The summed E-state index contributed by atoms with van der Waals surface area (Å²) >= 11 is 0. The molecule has 0 radical (unpaired) electrons. The van der Waals surface area contributed by atoms with Gasteiger partial charge in [0, 0.05) is 13.0 Å². The van der Waals surface area contributed by atoms with Crippen molar-refractivity contribution in [1.82, 2.24) is 5.32 Å². The molecule has 0 spiro atoms. The second-order valence-corrected chi connectivity index (χ2v) is 12.8. The number of hydrogen-bond donors (Lipinski definition) is 2. The van der Waals surface area contributed by atoms with Crippen molar-refractivity contribution < 1.29 is 24.2 Å². The van der Waals surface area contributed by atoms with Gasteiger partial charge in [0.25, 0.3) is 0 Å². The van der Waals surface area contributed by atoms with E-state index in [-0.39, 0.29) is 34.8 Å². The third-order valence-corrected chi connectivity index (χ3v) is 10.5. The van der Waals surface area contributed by atoms with Crippen LogP contribution < -0.4 is 5.32 Å². The lowest BCUT2D eigenvalue weighted by Crippen LogP contribution is -2.64. The van der Waals surface area contributed by atoms with Crippen molar-refractivity contribution in [3.63, 3.8) is 0 Å². The van der Waals surface area contributed by atoms with Crippen LogP contribution in [-0.4, -0.2) is 48.9 Å². The van der Waals surface area contributed by atoms with E-state index >= 15 is 0 Å². The summed E-state index contributed by atoms with van der Waals surface area (Å²) in [5.74, 6) is 2.24. The van der Waals surface area contributed by atoms with Gasteiger partial charge in [0.05, 0.1) is 19.1 Å². The fraction of sp³-hybridized carbons (Fsp3) is 0.929. The van der Waals surface area contributed by atoms with Crippen molar-refractivity contribution in [2.45, 2.75) is 104 Å². The minimum absolute atomic E-state index is 0.000832. The maximum absolute atomic E-state index is 12.8. The van der Waals surface area contributed by atoms with Crippen molar-refractivity contribution >= 4 is 11.9 Å². The van der Waals surface area contributed by atoms with Crippen LogP contribution in [-0.2, 0) is 19.1 Å². The lowest BCUT2D eigenvalue weighted by Gasteiger charge is -2.64. The minimum Gasteiger partial charge on any atom is -0.469 e. The van der Waals surface area contributed by atoms with Gasteiger partial charge in [-0.25, -0.2) is 0 Å². The maximum atomic E-state index is 12.8. The van der Waals surface area contributed by atoms with Crippen LogP contribution in [0, 0.1) is 46.3 Å². The predicted octanol–water partition coefficient (Wildman–Crippen LogP) is 4.34. The molecule has 194 valence electrons. The molecule has 0 aromatic carbocycles. The van der Waals surface area contributed by atoms with Crippen LogP contribution in [0.3, 0.4) is 0 Å². The van der Waals surface area contributed by atoms with Crippen molar-refractivity contribution in [3.05, 3.63) is 0 Å². The number of aliphatic hydroxyl groups excluding tert-OH is 1. The number of fused-ring (bicyclic) bond motifs is 5. The van der Waals surface area contributed by atoms with Crippen LogP contribution in [0.15, 0.2) is 0 Å². The first kappa shape index (κ1) is 25.9. The smallest absolute Gasteiger partial charge is 0.309 e. The van der Waals surface area contributed by atoms with Crippen LogP contribution in [0.1, 0.15) is 86.0 Å². The van der Waals surface area contributed by atoms with Gasteiger partial charge in [-0.05, 0) is 98.3 Å². The largest absolute Gasteiger partial charge is 0.469 e. The second-order valence-electron chi connectivity index (χ2n) is 12.8. The van der Waals surface area contributed by atoms with E-state index in [1.54, 1.807) is 0 Å². The van der Waals surface area contributed by atoms with Crippen LogP contribution >= 0.6 is 0 Å². The van der Waals surface area contributed by atoms with Crippen molar-refractivity contribution in [1.29, 1.82) is 0 Å². The minimum atomic E-state index is -0.611. The Labute approximate surface area is 205 Å². The van der Waals surface area contributed by atoms with E-state index in [9.17, 15) is 14.7 Å². The molecule has 4 saturated carbocycles. The van der Waals surface area contributed by atoms with Crippen molar-refractivity contribution in [2.24, 2.45) is 46.3 Å². The lowest BCUT2D eigenvalue weighted by atomic mass is 9.43. The number of aliphatic hydroxyl groups is 1. The van der Waals surface area contributed by atoms with E-state index in [1.807, 2.05) is 0 Å². The number of nitrogens with one attached hydrogen (secondary N) is 1. The van der Waals surface area contributed by atoms with Gasteiger partial charge < -0.3 is 19.9 Å². The number of rotatable bonds is 6. The molecule has 0 aliphatic heterocycles. The molecule has 0 aromatic rings. The van der Waals surface area contributed by atoms with Gasteiger partial charge in [0.2, 0.25) is 0 Å². The summed E-state index contributed by atoms with van der Waals surface area (Å²) in [6.07, 6.45) is 6.84. The Balaban J connectivity index is 1.65. The number of esters is 2. The highest BCUT2D eigenvalue weighted by Gasteiger charge is 2.65. The van der Waals surface area contributed by atoms with E-state index in [1.165, 1.54) is 14.0 Å². The van der Waals surface area contributed by atoms with Gasteiger partial charge in [-0.1, -0.05) is 27.7 Å². The SMILES string of the molecule is COC(=O)C1CC[C@H]2[C@@H]3CCC4CC(OC(C)=O)C(O)C[C@]4(C)[C@@H]3C(NCCC(C)C)C[C@]12C. The van der Waals surface area contributed by atoms with Gasteiger partial charge in [-0.15, -0.1) is 0 Å². The average molecular weight is 478 g/mol. The summed E-state index contributed by atoms with van der Waals surface area (Å²) in [7, 11) is 1.53. The van der Waals surface area contributed by atoms with E-state index in [0.717, 1.165) is 51.5 Å². The van der Waals surface area contributed by atoms with Crippen molar-refractivity contribution in [2.75, 3.05) is 13.7 Å². The molecule has 6 heteroatoms. The molecular formula is C28H47NO5. The Morgan fingerprint density at radius 3 is 2.47 bits per heavy atom. The highest BCUT2D eigenvalue weighted by molar-refractivity contribution is 5.74. The predicted molar refractivity (Wildman–Crippen MR) is 131 cm³/mol. The quantitative estimate of drug-likeness (QED) is 0.554. The maximum Gasteiger partial charge on any atom is 0.309 e. The van der Waals surface area contributed by atoms with Gasteiger partial charge in [-0.2, -0.15) is 0 Å². The van der Waals surface area contributed by atoms with E-state index in [0.29, 0.717) is 42.1 Å². The molecule has 4 rings (SSSR count). The number of hydrogen-bond acceptors (Lipinski definition) is 6. The third kappa shape index (κ3) is 4.42. The summed E-state index contributed by atoms with van der Waals surface area (Å²) in [5, 5.41) is 15.0. The summed E-state index contributed by atoms with van der Waals surface area (Å²) in [4.78, 5) is 24.4. The normalized spacial score (nSPS) is 45.8. The first-order valence-electron chi connectivity index (χ1n) is 13.7. The Morgan fingerprint density at radius 1 is 1.09 bits per heavy atom. The molecule has 4 aliphatic carbocycles. The summed E-state index contributed by atoms with van der Waals surface area (Å²) in [6.45, 7) is 11.7. The first-order chi connectivity index (χ1) is 16.0. The number of ether oxygens (including phenoxy) is 2. The lowest BCUT2D eigenvalue weighted by molar-refractivity contribution is -0.188. The second kappa shape index (κ2) is 9.72. The molecule has 0 bridgehead atoms. The molecule has 4 fully saturated rings. The molecule has 6 nitrogen and oxygen atoms in total. The molecule has 10 atom stereocenters. The Kier molecular flexibility index (Phi) is 7.42. The van der Waals surface area contributed by atoms with Crippen LogP contribution in [0.2, 0.25) is 0 Å². The van der Waals surface area contributed by atoms with Gasteiger partial charge in [0.15, 0.2) is 0 Å². The molecule has 34 heavy (non-hydrogen) atoms. The van der Waals surface area contributed by atoms with Gasteiger partial charge in [0.1, 0.15) is 6.10 Å².